The first kappa shape index (κ1) is 27.0. The molecule has 3 nitrogen and oxygen atoms in total. The summed E-state index contributed by atoms with van der Waals surface area (Å²) in [5.41, 5.74) is 4.95. The third kappa shape index (κ3) is 4.36. The fourth-order valence-corrected chi connectivity index (χ4v) is 9.71. The maximum Gasteiger partial charge on any atom is 0.169 e. The molecule has 0 aromatic heterocycles. The molecule has 1 N–H and O–H groups in total. The molecule has 3 heteroatoms. The summed E-state index contributed by atoms with van der Waals surface area (Å²) in [6, 6.07) is 19.1. The number of rotatable bonds is 6. The minimum atomic E-state index is -1.08. The van der Waals surface area contributed by atoms with Crippen LogP contribution in [0.4, 0.5) is 0 Å². The van der Waals surface area contributed by atoms with Crippen molar-refractivity contribution in [3.05, 3.63) is 82.9 Å². The molecule has 7 atom stereocenters. The molecule has 0 amide bonds. The average Bonchev–Trinajstić information content (AvgIpc) is 3.23. The Balaban J connectivity index is 1.22. The van der Waals surface area contributed by atoms with E-state index in [1.54, 1.807) is 0 Å². The van der Waals surface area contributed by atoms with Crippen LogP contribution in [-0.4, -0.2) is 16.7 Å². The van der Waals surface area contributed by atoms with Crippen LogP contribution in [0, 0.1) is 40.9 Å². The third-order valence-electron chi connectivity index (χ3n) is 12.1. The predicted octanol–water partition coefficient (Wildman–Crippen LogP) is 7.98. The van der Waals surface area contributed by atoms with Crippen LogP contribution < -0.4 is 0 Å². The molecule has 208 valence electrons. The third-order valence-corrected chi connectivity index (χ3v) is 12.1. The van der Waals surface area contributed by atoms with Gasteiger partial charge in [-0.05, 0) is 98.5 Å². The molecule has 4 aliphatic rings. The Labute approximate surface area is 235 Å². The summed E-state index contributed by atoms with van der Waals surface area (Å²) in [5.74, 6) is 1.13. The summed E-state index contributed by atoms with van der Waals surface area (Å²) in [4.78, 5) is 13.5. The molecular weight excluding hydrogens is 480 g/mol. The second-order valence-electron chi connectivity index (χ2n) is 14.0. The summed E-state index contributed by atoms with van der Waals surface area (Å²) in [6.45, 7) is 9.33. The average molecular weight is 527 g/mol. The zero-order valence-electron chi connectivity index (χ0n) is 24.3. The minimum Gasteiger partial charge on any atom is -0.365 e. The van der Waals surface area contributed by atoms with Crippen molar-refractivity contribution in [2.45, 2.75) is 97.9 Å². The first-order chi connectivity index (χ1) is 18.6. The van der Waals surface area contributed by atoms with Crippen molar-refractivity contribution in [2.75, 3.05) is 0 Å². The van der Waals surface area contributed by atoms with Gasteiger partial charge in [0.2, 0.25) is 0 Å². The molecule has 3 fully saturated rings. The largest absolute Gasteiger partial charge is 0.365 e. The number of carbonyl (C=O) groups is 1. The maximum absolute atomic E-state index is 13.5. The second kappa shape index (κ2) is 9.70. The topological polar surface area (TPSA) is 46.5 Å². The molecule has 0 radical (unpaired) electrons. The number of hydrogen-bond donors (Lipinski definition) is 1. The number of carbonyl (C=O) groups excluding carboxylic acids is 1. The van der Waals surface area contributed by atoms with Crippen LogP contribution in [0.2, 0.25) is 0 Å². The predicted molar refractivity (Wildman–Crippen MR) is 156 cm³/mol. The van der Waals surface area contributed by atoms with Crippen molar-refractivity contribution >= 4 is 5.78 Å². The van der Waals surface area contributed by atoms with Gasteiger partial charge in [0.05, 0.1) is 6.61 Å². The van der Waals surface area contributed by atoms with Gasteiger partial charge in [0.1, 0.15) is 5.78 Å². The Hall–Kier alpha value is -2.23. The summed E-state index contributed by atoms with van der Waals surface area (Å²) in [5, 5.41) is 11.5. The highest BCUT2D eigenvalue weighted by molar-refractivity contribution is 5.84. The van der Waals surface area contributed by atoms with Gasteiger partial charge in [-0.25, -0.2) is 0 Å². The lowest BCUT2D eigenvalue weighted by molar-refractivity contribution is -0.231. The summed E-state index contributed by atoms with van der Waals surface area (Å²) >= 11 is 0. The highest BCUT2D eigenvalue weighted by atomic mass is 16.6. The molecule has 4 aliphatic carbocycles. The zero-order valence-corrected chi connectivity index (χ0v) is 24.3. The van der Waals surface area contributed by atoms with Crippen molar-refractivity contribution in [3.63, 3.8) is 0 Å². The number of aryl methyl sites for hydroxylation is 1. The summed E-state index contributed by atoms with van der Waals surface area (Å²) in [7, 11) is 0. The normalized spacial score (nSPS) is 39.3. The standard InChI is InChI=1S/C36H46O3/c1-25-10-12-28(13-11-25)24-39-36(38)21-20-33(3)29(23-36)14-15-30-31(33)16-18-34(4)32(30)17-19-35(34,26(2)37)22-27-8-6-5-7-9-27/h5-14,30-32,38H,15-24H2,1-4H3/t30-,31+,32+,33+,34+,35+,36?/m1/s1. The second-order valence-corrected chi connectivity index (χ2v) is 14.0. The zero-order chi connectivity index (χ0) is 27.5. The van der Waals surface area contributed by atoms with E-state index in [2.05, 4.69) is 81.4 Å². The van der Waals surface area contributed by atoms with Crippen molar-refractivity contribution < 1.29 is 14.6 Å². The van der Waals surface area contributed by atoms with Crippen LogP contribution in [-0.2, 0) is 22.6 Å². The fourth-order valence-electron chi connectivity index (χ4n) is 9.71. The molecule has 39 heavy (non-hydrogen) atoms. The van der Waals surface area contributed by atoms with E-state index >= 15 is 0 Å². The molecular formula is C36H46O3. The molecule has 3 saturated carbocycles. The van der Waals surface area contributed by atoms with Gasteiger partial charge < -0.3 is 9.84 Å². The molecule has 0 aliphatic heterocycles. The molecule has 2 aromatic carbocycles. The van der Waals surface area contributed by atoms with Gasteiger partial charge in [0, 0.05) is 18.3 Å². The number of allylic oxidation sites excluding steroid dienone is 1. The van der Waals surface area contributed by atoms with E-state index in [9.17, 15) is 9.90 Å². The van der Waals surface area contributed by atoms with Crippen LogP contribution in [0.15, 0.2) is 66.2 Å². The van der Waals surface area contributed by atoms with Crippen LogP contribution >= 0.6 is 0 Å². The Kier molecular flexibility index (Phi) is 6.71. The SMILES string of the molecule is CC(=O)[C@@]1(Cc2ccccc2)CC[C@H]2[C@@H]3CC=C4CC(O)(OCc5ccc(C)cc5)CC[C@]4(C)[C@H]3CC[C@@]21C. The van der Waals surface area contributed by atoms with Gasteiger partial charge in [-0.1, -0.05) is 85.7 Å². The Morgan fingerprint density at radius 2 is 1.64 bits per heavy atom. The number of ether oxygens (including phenoxy) is 1. The van der Waals surface area contributed by atoms with E-state index in [0.29, 0.717) is 43.0 Å². The Morgan fingerprint density at radius 1 is 0.923 bits per heavy atom. The summed E-state index contributed by atoms with van der Waals surface area (Å²) < 4.78 is 6.20. The highest BCUT2D eigenvalue weighted by Crippen LogP contribution is 2.70. The maximum atomic E-state index is 13.5. The monoisotopic (exact) mass is 526 g/mol. The number of aliphatic hydroxyl groups is 1. The molecule has 0 saturated heterocycles. The van der Waals surface area contributed by atoms with Gasteiger partial charge in [0.25, 0.3) is 0 Å². The van der Waals surface area contributed by atoms with E-state index in [1.165, 1.54) is 23.1 Å². The van der Waals surface area contributed by atoms with Crippen molar-refractivity contribution in [3.8, 4) is 0 Å². The smallest absolute Gasteiger partial charge is 0.169 e. The van der Waals surface area contributed by atoms with E-state index in [0.717, 1.165) is 44.1 Å². The van der Waals surface area contributed by atoms with Crippen LogP contribution in [0.5, 0.6) is 0 Å². The van der Waals surface area contributed by atoms with Gasteiger partial charge in [-0.2, -0.15) is 0 Å². The number of fused-ring (bicyclic) bond motifs is 5. The summed E-state index contributed by atoms with van der Waals surface area (Å²) in [6.07, 6.45) is 11.2. The van der Waals surface area contributed by atoms with Gasteiger partial charge in [-0.15, -0.1) is 0 Å². The number of Topliss-reactive ketones (excluding diaryl/α,β-unsaturated/α-hetero) is 1. The Morgan fingerprint density at radius 3 is 2.36 bits per heavy atom. The van der Waals surface area contributed by atoms with Crippen molar-refractivity contribution in [1.29, 1.82) is 0 Å². The van der Waals surface area contributed by atoms with Crippen LogP contribution in [0.3, 0.4) is 0 Å². The van der Waals surface area contributed by atoms with Crippen LogP contribution in [0.25, 0.3) is 0 Å². The first-order valence-corrected chi connectivity index (χ1v) is 15.3. The molecule has 0 heterocycles. The molecule has 0 bridgehead atoms. The Bertz CT molecular complexity index is 1250. The minimum absolute atomic E-state index is 0.0457. The van der Waals surface area contributed by atoms with Crippen molar-refractivity contribution in [1.82, 2.24) is 0 Å². The van der Waals surface area contributed by atoms with Gasteiger partial charge in [-0.3, -0.25) is 4.79 Å². The van der Waals surface area contributed by atoms with E-state index in [-0.39, 0.29) is 16.2 Å². The fraction of sp³-hybridized carbons (Fsp3) is 0.583. The van der Waals surface area contributed by atoms with E-state index in [4.69, 9.17) is 4.74 Å². The highest BCUT2D eigenvalue weighted by Gasteiger charge is 2.65. The number of hydrogen-bond acceptors (Lipinski definition) is 3. The lowest BCUT2D eigenvalue weighted by Crippen LogP contribution is -2.55. The van der Waals surface area contributed by atoms with Gasteiger partial charge in [0.15, 0.2) is 5.79 Å². The van der Waals surface area contributed by atoms with E-state index in [1.807, 2.05) is 6.92 Å². The molecule has 0 spiro atoms. The van der Waals surface area contributed by atoms with Crippen molar-refractivity contribution in [2.24, 2.45) is 34.0 Å². The number of ketones is 1. The molecule has 1 unspecified atom stereocenters. The van der Waals surface area contributed by atoms with Crippen LogP contribution in [0.1, 0.15) is 88.8 Å². The first-order valence-electron chi connectivity index (χ1n) is 15.3. The molecule has 2 aromatic rings. The van der Waals surface area contributed by atoms with Gasteiger partial charge >= 0.3 is 0 Å². The quantitative estimate of drug-likeness (QED) is 0.307. The molecule has 6 rings (SSSR count). The lowest BCUT2D eigenvalue weighted by Gasteiger charge is -2.60. The lowest BCUT2D eigenvalue weighted by atomic mass is 9.44. The van der Waals surface area contributed by atoms with E-state index < -0.39 is 5.79 Å². The number of benzene rings is 2.